The summed E-state index contributed by atoms with van der Waals surface area (Å²) in [5, 5.41) is 5.47. The van der Waals surface area contributed by atoms with Crippen LogP contribution in [0.4, 0.5) is 10.5 Å². The normalized spacial score (nSPS) is 11.6. The van der Waals surface area contributed by atoms with Crippen LogP contribution >= 0.6 is 24.4 Å². The molecule has 11 heteroatoms. The number of nitrogens with one attached hydrogen (secondary N) is 2. The van der Waals surface area contributed by atoms with Crippen LogP contribution < -0.4 is 21.1 Å². The second-order valence-electron chi connectivity index (χ2n) is 7.49. The summed E-state index contributed by atoms with van der Waals surface area (Å²) in [6.07, 6.45) is -0.121. The number of benzene rings is 1. The van der Waals surface area contributed by atoms with Gasteiger partial charge in [0.05, 0.1) is 17.7 Å². The highest BCUT2D eigenvalue weighted by Crippen LogP contribution is 2.25. The number of thiocarbonyl (C=S) groups is 2. The molecule has 9 nitrogen and oxygen atoms in total. The van der Waals surface area contributed by atoms with Crippen molar-refractivity contribution in [1.82, 2.24) is 5.32 Å². The van der Waals surface area contributed by atoms with Crippen molar-refractivity contribution in [3.05, 3.63) is 23.8 Å². The third-order valence-electron chi connectivity index (χ3n) is 3.59. The SMILES string of the molecule is COC(=O)C(CCC(N)=S)NC(=S)c1cc(NC(=O)OC(C)(C)C)ccc1OC(C)=O. The smallest absolute Gasteiger partial charge is 0.412 e. The molecule has 0 spiro atoms. The third-order valence-corrected chi connectivity index (χ3v) is 4.14. The van der Waals surface area contributed by atoms with E-state index in [9.17, 15) is 14.4 Å². The van der Waals surface area contributed by atoms with Gasteiger partial charge in [-0.1, -0.05) is 24.4 Å². The van der Waals surface area contributed by atoms with Gasteiger partial charge in [0.2, 0.25) is 0 Å². The van der Waals surface area contributed by atoms with Crippen molar-refractivity contribution in [2.75, 3.05) is 12.4 Å². The Kier molecular flexibility index (Phi) is 9.79. The van der Waals surface area contributed by atoms with E-state index in [2.05, 4.69) is 10.6 Å². The Morgan fingerprint density at radius 3 is 2.35 bits per heavy atom. The molecule has 0 bridgehead atoms. The predicted octanol–water partition coefficient (Wildman–Crippen LogP) is 2.83. The molecule has 0 saturated heterocycles. The monoisotopic (exact) mass is 469 g/mol. The van der Waals surface area contributed by atoms with E-state index in [-0.39, 0.29) is 27.7 Å². The minimum absolute atomic E-state index is 0.0995. The molecule has 1 aromatic carbocycles. The second-order valence-corrected chi connectivity index (χ2v) is 8.42. The summed E-state index contributed by atoms with van der Waals surface area (Å²) in [7, 11) is 1.25. The van der Waals surface area contributed by atoms with Gasteiger partial charge in [-0.25, -0.2) is 9.59 Å². The van der Waals surface area contributed by atoms with Crippen molar-refractivity contribution in [2.24, 2.45) is 5.73 Å². The van der Waals surface area contributed by atoms with Crippen molar-refractivity contribution in [2.45, 2.75) is 52.2 Å². The molecule has 0 aliphatic rings. The molecule has 1 amide bonds. The van der Waals surface area contributed by atoms with Crippen LogP contribution in [0.5, 0.6) is 5.75 Å². The summed E-state index contributed by atoms with van der Waals surface area (Å²) in [6, 6.07) is 3.67. The van der Waals surface area contributed by atoms with E-state index in [0.29, 0.717) is 12.1 Å². The van der Waals surface area contributed by atoms with E-state index in [1.807, 2.05) is 0 Å². The molecule has 4 N–H and O–H groups in total. The Hall–Kier alpha value is -2.79. The number of nitrogens with two attached hydrogens (primary N) is 1. The number of carbonyl (C=O) groups is 3. The van der Waals surface area contributed by atoms with Crippen LogP contribution in [-0.2, 0) is 19.1 Å². The van der Waals surface area contributed by atoms with Crippen molar-refractivity contribution in [3.8, 4) is 5.75 Å². The van der Waals surface area contributed by atoms with Crippen LogP contribution in [0, 0.1) is 0 Å². The molecule has 1 rings (SSSR count). The van der Waals surface area contributed by atoms with E-state index in [4.69, 9.17) is 44.4 Å². The number of methoxy groups -OCH3 is 1. The number of hydrogen-bond acceptors (Lipinski definition) is 8. The Morgan fingerprint density at radius 1 is 1.19 bits per heavy atom. The lowest BCUT2D eigenvalue weighted by atomic mass is 10.1. The number of ether oxygens (including phenoxy) is 3. The Bertz CT molecular complexity index is 867. The predicted molar refractivity (Wildman–Crippen MR) is 124 cm³/mol. The quantitative estimate of drug-likeness (QED) is 0.297. The maximum Gasteiger partial charge on any atom is 0.412 e. The van der Waals surface area contributed by atoms with E-state index >= 15 is 0 Å². The van der Waals surface area contributed by atoms with Crippen LogP contribution in [0.1, 0.15) is 46.1 Å². The first kappa shape index (κ1) is 26.2. The van der Waals surface area contributed by atoms with Gasteiger partial charge in [-0.15, -0.1) is 0 Å². The van der Waals surface area contributed by atoms with Gasteiger partial charge in [0.1, 0.15) is 22.4 Å². The molecule has 1 aromatic rings. The summed E-state index contributed by atoms with van der Waals surface area (Å²) in [4.78, 5) is 36.0. The van der Waals surface area contributed by atoms with Gasteiger partial charge in [-0.2, -0.15) is 0 Å². The standard InChI is InChI=1S/C20H27N3O6S2/c1-11(24)28-15-8-6-12(22-19(26)29-20(2,3)4)10-13(15)17(31)23-14(18(25)27-5)7-9-16(21)30/h6,8,10,14H,7,9H2,1-5H3,(H2,21,30)(H,22,26)(H,23,31). The van der Waals surface area contributed by atoms with Gasteiger partial charge in [0.15, 0.2) is 0 Å². The van der Waals surface area contributed by atoms with Crippen LogP contribution in [0.25, 0.3) is 0 Å². The molecule has 0 saturated carbocycles. The van der Waals surface area contributed by atoms with Gasteiger partial charge in [0.25, 0.3) is 0 Å². The fourth-order valence-electron chi connectivity index (χ4n) is 2.36. The van der Waals surface area contributed by atoms with Gasteiger partial charge in [0, 0.05) is 19.0 Å². The number of amides is 1. The molecule has 0 heterocycles. The molecule has 1 atom stereocenters. The first-order valence-corrected chi connectivity index (χ1v) is 10.1. The van der Waals surface area contributed by atoms with Gasteiger partial charge in [-0.3, -0.25) is 10.1 Å². The van der Waals surface area contributed by atoms with Crippen molar-refractivity contribution < 1.29 is 28.6 Å². The number of anilines is 1. The van der Waals surface area contributed by atoms with Crippen LogP contribution in [0.15, 0.2) is 18.2 Å². The third kappa shape index (κ3) is 9.71. The van der Waals surface area contributed by atoms with Crippen LogP contribution in [0.2, 0.25) is 0 Å². The molecule has 0 aliphatic heterocycles. The molecule has 0 aliphatic carbocycles. The minimum atomic E-state index is -0.827. The molecule has 31 heavy (non-hydrogen) atoms. The summed E-state index contributed by atoms with van der Waals surface area (Å²) < 4.78 is 15.2. The fraction of sp³-hybridized carbons (Fsp3) is 0.450. The zero-order valence-electron chi connectivity index (χ0n) is 18.1. The molecule has 1 unspecified atom stereocenters. The zero-order valence-corrected chi connectivity index (χ0v) is 19.7. The molecule has 0 fully saturated rings. The first-order chi connectivity index (χ1) is 14.3. The molecule has 0 aromatic heterocycles. The summed E-state index contributed by atoms with van der Waals surface area (Å²) in [5.41, 5.74) is 5.47. The Balaban J connectivity index is 3.17. The molecular weight excluding hydrogens is 442 g/mol. The molecule has 170 valence electrons. The molecule has 0 radical (unpaired) electrons. The second kappa shape index (κ2) is 11.6. The Labute approximate surface area is 192 Å². The highest BCUT2D eigenvalue weighted by Gasteiger charge is 2.23. The minimum Gasteiger partial charge on any atom is -0.467 e. The maximum absolute atomic E-state index is 12.1. The lowest BCUT2D eigenvalue weighted by molar-refractivity contribution is -0.142. The topological polar surface area (TPSA) is 129 Å². The highest BCUT2D eigenvalue weighted by atomic mass is 32.1. The Morgan fingerprint density at radius 2 is 1.84 bits per heavy atom. The average molecular weight is 470 g/mol. The molecular formula is C20H27N3O6S2. The van der Waals surface area contributed by atoms with E-state index in [0.717, 1.165) is 0 Å². The highest BCUT2D eigenvalue weighted by molar-refractivity contribution is 7.80. The van der Waals surface area contributed by atoms with Crippen molar-refractivity contribution >= 4 is 58.1 Å². The number of hydrogen-bond donors (Lipinski definition) is 3. The lowest BCUT2D eigenvalue weighted by Crippen LogP contribution is -2.41. The summed E-state index contributed by atoms with van der Waals surface area (Å²) >= 11 is 10.3. The number of esters is 2. The van der Waals surface area contributed by atoms with Crippen LogP contribution in [0.3, 0.4) is 0 Å². The summed E-state index contributed by atoms with van der Waals surface area (Å²) in [5.74, 6) is -0.969. The van der Waals surface area contributed by atoms with Crippen molar-refractivity contribution in [1.29, 1.82) is 0 Å². The number of carbonyl (C=O) groups excluding carboxylic acids is 3. The fourth-order valence-corrected chi connectivity index (χ4v) is 2.78. The van der Waals surface area contributed by atoms with Crippen molar-refractivity contribution in [3.63, 3.8) is 0 Å². The maximum atomic E-state index is 12.1. The zero-order chi connectivity index (χ0) is 23.8. The van der Waals surface area contributed by atoms with E-state index in [1.54, 1.807) is 20.8 Å². The first-order valence-electron chi connectivity index (χ1n) is 9.32. The lowest BCUT2D eigenvalue weighted by Gasteiger charge is -2.21. The van der Waals surface area contributed by atoms with E-state index in [1.165, 1.54) is 32.2 Å². The van der Waals surface area contributed by atoms with Crippen LogP contribution in [-0.4, -0.2) is 46.8 Å². The van der Waals surface area contributed by atoms with Gasteiger partial charge in [-0.05, 0) is 45.4 Å². The number of rotatable bonds is 8. The van der Waals surface area contributed by atoms with E-state index < -0.39 is 29.7 Å². The van der Waals surface area contributed by atoms with Gasteiger partial charge >= 0.3 is 18.0 Å². The summed E-state index contributed by atoms with van der Waals surface area (Å²) in [6.45, 7) is 6.45. The largest absolute Gasteiger partial charge is 0.467 e. The van der Waals surface area contributed by atoms with Gasteiger partial charge < -0.3 is 25.3 Å². The average Bonchev–Trinajstić information content (AvgIpc) is 2.63.